The van der Waals surface area contributed by atoms with Crippen LogP contribution in [0.2, 0.25) is 0 Å². The van der Waals surface area contributed by atoms with Gasteiger partial charge in [-0.3, -0.25) is 19.7 Å². The van der Waals surface area contributed by atoms with Gasteiger partial charge in [0.15, 0.2) is 0 Å². The van der Waals surface area contributed by atoms with E-state index in [0.29, 0.717) is 12.1 Å². The van der Waals surface area contributed by atoms with Crippen LogP contribution >= 0.6 is 15.9 Å². The molecule has 0 spiro atoms. The molecule has 2 heterocycles. The Morgan fingerprint density at radius 1 is 1.21 bits per heavy atom. The topological polar surface area (TPSA) is 96.0 Å². The highest BCUT2D eigenvalue weighted by Crippen LogP contribution is 2.32. The number of benzene rings is 1. The first kappa shape index (κ1) is 16.5. The molecule has 1 aliphatic rings. The molecule has 2 aromatic rings. The zero-order chi connectivity index (χ0) is 17.3. The van der Waals surface area contributed by atoms with Crippen molar-refractivity contribution in [3.8, 4) is 0 Å². The molecule has 0 bridgehead atoms. The lowest BCUT2D eigenvalue weighted by molar-refractivity contribution is 0.248. The summed E-state index contributed by atoms with van der Waals surface area (Å²) in [4.78, 5) is 39.1. The van der Waals surface area contributed by atoms with E-state index in [0.717, 1.165) is 22.9 Å². The molecule has 1 atom stereocenters. The number of H-pyrrole nitrogens is 1. The monoisotopic (exact) mass is 392 g/mol. The maximum absolute atomic E-state index is 12.4. The molecule has 3 rings (SSSR count). The fourth-order valence-corrected chi connectivity index (χ4v) is 3.32. The molecule has 8 heteroatoms. The van der Waals surface area contributed by atoms with Crippen molar-refractivity contribution < 1.29 is 4.79 Å². The maximum Gasteiger partial charge on any atom is 0.329 e. The predicted molar refractivity (Wildman–Crippen MR) is 94.4 cm³/mol. The third-order valence-electron chi connectivity index (χ3n) is 3.98. The highest BCUT2D eigenvalue weighted by atomic mass is 79.9. The Morgan fingerprint density at radius 2 is 1.96 bits per heavy atom. The number of hydrogen-bond acceptors (Lipinski definition) is 3. The van der Waals surface area contributed by atoms with Crippen LogP contribution in [0.1, 0.15) is 36.9 Å². The Hall–Kier alpha value is -2.35. The van der Waals surface area contributed by atoms with Crippen molar-refractivity contribution in [1.82, 2.24) is 14.9 Å². The number of aromatic amines is 1. The minimum Gasteiger partial charge on any atom is -0.327 e. The number of nitrogens with zero attached hydrogens (tertiary/aromatic N) is 1. The first-order valence-corrected chi connectivity index (χ1v) is 8.51. The number of nitrogens with one attached hydrogen (secondary N) is 3. The van der Waals surface area contributed by atoms with Gasteiger partial charge in [0.2, 0.25) is 0 Å². The number of aromatic nitrogens is 2. The van der Waals surface area contributed by atoms with Crippen molar-refractivity contribution in [1.29, 1.82) is 0 Å². The fraction of sp³-hybridized carbons (Fsp3) is 0.312. The van der Waals surface area contributed by atoms with E-state index >= 15 is 0 Å². The van der Waals surface area contributed by atoms with Gasteiger partial charge in [-0.1, -0.05) is 47.5 Å². The molecule has 7 nitrogen and oxygen atoms in total. The smallest absolute Gasteiger partial charge is 0.327 e. The lowest BCUT2D eigenvalue weighted by Gasteiger charge is -2.29. The normalized spacial score (nSPS) is 16.2. The Balaban J connectivity index is 2.23. The molecule has 0 saturated carbocycles. The summed E-state index contributed by atoms with van der Waals surface area (Å²) in [5.41, 5.74) is 0.0632. The molecule has 0 fully saturated rings. The third kappa shape index (κ3) is 2.89. The van der Waals surface area contributed by atoms with Gasteiger partial charge >= 0.3 is 11.7 Å². The van der Waals surface area contributed by atoms with Crippen molar-refractivity contribution in [2.24, 2.45) is 0 Å². The molecule has 24 heavy (non-hydrogen) atoms. The molecule has 1 unspecified atom stereocenters. The van der Waals surface area contributed by atoms with Gasteiger partial charge in [-0.2, -0.15) is 0 Å². The van der Waals surface area contributed by atoms with Crippen LogP contribution in [0.15, 0.2) is 38.3 Å². The first-order chi connectivity index (χ1) is 11.5. The van der Waals surface area contributed by atoms with Gasteiger partial charge in [-0.25, -0.2) is 9.59 Å². The van der Waals surface area contributed by atoms with E-state index in [1.807, 2.05) is 31.2 Å². The van der Waals surface area contributed by atoms with Crippen LogP contribution < -0.4 is 21.9 Å². The molecule has 0 saturated heterocycles. The van der Waals surface area contributed by atoms with Crippen LogP contribution in [0.3, 0.4) is 0 Å². The van der Waals surface area contributed by atoms with Gasteiger partial charge in [0.25, 0.3) is 5.56 Å². The summed E-state index contributed by atoms with van der Waals surface area (Å²) in [7, 11) is 0. The van der Waals surface area contributed by atoms with Gasteiger partial charge in [-0.15, -0.1) is 0 Å². The lowest BCUT2D eigenvalue weighted by atomic mass is 9.98. The second-order valence-electron chi connectivity index (χ2n) is 5.58. The van der Waals surface area contributed by atoms with E-state index in [9.17, 15) is 14.4 Å². The number of hydrogen-bond donors (Lipinski definition) is 3. The fourth-order valence-electron chi connectivity index (χ4n) is 2.81. The molecular formula is C16H17BrN4O3. The molecule has 0 aliphatic carbocycles. The zero-order valence-electron chi connectivity index (χ0n) is 13.1. The summed E-state index contributed by atoms with van der Waals surface area (Å²) in [5, 5.41) is 5.37. The van der Waals surface area contributed by atoms with Gasteiger partial charge in [0.05, 0.1) is 11.6 Å². The van der Waals surface area contributed by atoms with Crippen LogP contribution in [0.5, 0.6) is 0 Å². The summed E-state index contributed by atoms with van der Waals surface area (Å²) in [6.45, 7) is 2.44. The Bertz CT molecular complexity index is 903. The maximum atomic E-state index is 12.4. The molecule has 1 aromatic heterocycles. The summed E-state index contributed by atoms with van der Waals surface area (Å²) in [5.74, 6) is 0.265. The third-order valence-corrected chi connectivity index (χ3v) is 4.70. The van der Waals surface area contributed by atoms with E-state index in [1.54, 1.807) is 0 Å². The van der Waals surface area contributed by atoms with E-state index in [2.05, 4.69) is 31.5 Å². The molecule has 1 aromatic carbocycles. The number of halogens is 1. The number of urea groups is 1. The second kappa shape index (κ2) is 6.64. The molecule has 2 amide bonds. The number of carbonyl (C=O) groups excluding carboxylic acids is 1. The highest BCUT2D eigenvalue weighted by Gasteiger charge is 2.32. The summed E-state index contributed by atoms with van der Waals surface area (Å²) in [6, 6.07) is 6.26. The Morgan fingerprint density at radius 3 is 2.67 bits per heavy atom. The van der Waals surface area contributed by atoms with Crippen LogP contribution in [0.25, 0.3) is 0 Å². The van der Waals surface area contributed by atoms with Crippen LogP contribution in [0, 0.1) is 0 Å². The van der Waals surface area contributed by atoms with Gasteiger partial charge in [-0.05, 0) is 18.1 Å². The molecule has 126 valence electrons. The zero-order valence-corrected chi connectivity index (χ0v) is 14.6. The van der Waals surface area contributed by atoms with Crippen LogP contribution in [-0.4, -0.2) is 15.6 Å². The van der Waals surface area contributed by atoms with Crippen molar-refractivity contribution in [2.45, 2.75) is 32.4 Å². The average Bonchev–Trinajstić information content (AvgIpc) is 2.54. The number of fused-ring (bicyclic) bond motifs is 1. The van der Waals surface area contributed by atoms with E-state index < -0.39 is 23.3 Å². The van der Waals surface area contributed by atoms with Crippen LogP contribution in [0.4, 0.5) is 10.6 Å². The molecule has 3 N–H and O–H groups in total. The SMILES string of the molecule is CCCCn1c2c(c(=O)[nH]c1=O)C(c1ccccc1Br)NC(=O)N2. The molecular weight excluding hydrogens is 376 g/mol. The first-order valence-electron chi connectivity index (χ1n) is 7.72. The van der Waals surface area contributed by atoms with Crippen molar-refractivity contribution in [3.63, 3.8) is 0 Å². The minimum absolute atomic E-state index is 0.265. The average molecular weight is 393 g/mol. The number of amides is 2. The number of unbranched alkanes of at least 4 members (excludes halogenated alkanes) is 1. The minimum atomic E-state index is -0.637. The van der Waals surface area contributed by atoms with Crippen molar-refractivity contribution >= 4 is 27.8 Å². The highest BCUT2D eigenvalue weighted by molar-refractivity contribution is 9.10. The predicted octanol–water partition coefficient (Wildman–Crippen LogP) is 2.32. The summed E-state index contributed by atoms with van der Waals surface area (Å²) in [6.07, 6.45) is 1.65. The van der Waals surface area contributed by atoms with E-state index in [-0.39, 0.29) is 5.82 Å². The van der Waals surface area contributed by atoms with Crippen molar-refractivity contribution in [3.05, 3.63) is 60.7 Å². The van der Waals surface area contributed by atoms with Gasteiger partial charge in [0.1, 0.15) is 5.82 Å². The lowest BCUT2D eigenvalue weighted by Crippen LogP contribution is -2.46. The van der Waals surface area contributed by atoms with Gasteiger partial charge in [0, 0.05) is 11.0 Å². The molecule has 1 aliphatic heterocycles. The number of carbonyl (C=O) groups is 1. The standard InChI is InChI=1S/C16H17BrN4O3/c1-2-3-8-21-13-11(14(22)20-16(21)24)12(18-15(23)19-13)9-6-4-5-7-10(9)17/h4-7,12H,2-3,8H2,1H3,(H2,18,19,23)(H,20,22,24). The Labute approximate surface area is 146 Å². The number of rotatable bonds is 4. The molecule has 0 radical (unpaired) electrons. The van der Waals surface area contributed by atoms with E-state index in [4.69, 9.17) is 0 Å². The summed E-state index contributed by atoms with van der Waals surface area (Å²) >= 11 is 3.45. The Kier molecular flexibility index (Phi) is 4.57. The quantitative estimate of drug-likeness (QED) is 0.744. The summed E-state index contributed by atoms with van der Waals surface area (Å²) < 4.78 is 2.19. The van der Waals surface area contributed by atoms with Crippen molar-refractivity contribution in [2.75, 3.05) is 5.32 Å². The largest absolute Gasteiger partial charge is 0.329 e. The van der Waals surface area contributed by atoms with Crippen LogP contribution in [-0.2, 0) is 6.54 Å². The number of anilines is 1. The second-order valence-corrected chi connectivity index (χ2v) is 6.43. The van der Waals surface area contributed by atoms with E-state index in [1.165, 1.54) is 4.57 Å². The van der Waals surface area contributed by atoms with Gasteiger partial charge < -0.3 is 5.32 Å².